The number of thioether (sulfide) groups is 1. The summed E-state index contributed by atoms with van der Waals surface area (Å²) in [5, 5.41) is 16.2. The number of nitrogens with zero attached hydrogens (tertiary/aromatic N) is 6. The first kappa shape index (κ1) is 19.3. The Morgan fingerprint density at radius 1 is 1.40 bits per heavy atom. The van der Waals surface area contributed by atoms with Gasteiger partial charge in [-0.3, -0.25) is 4.68 Å². The molecule has 2 amide bonds. The van der Waals surface area contributed by atoms with Crippen molar-refractivity contribution in [3.63, 3.8) is 0 Å². The Hall–Kier alpha value is -2.03. The maximum Gasteiger partial charge on any atom is 0.317 e. The van der Waals surface area contributed by atoms with E-state index in [1.54, 1.807) is 30.0 Å². The van der Waals surface area contributed by atoms with Gasteiger partial charge in [-0.25, -0.2) is 4.79 Å². The average molecular weight is 366 g/mol. The van der Waals surface area contributed by atoms with Crippen molar-refractivity contribution in [2.45, 2.75) is 45.4 Å². The molecule has 0 radical (unpaired) electrons. The first-order valence-corrected chi connectivity index (χ1v) is 9.30. The van der Waals surface area contributed by atoms with E-state index in [9.17, 15) is 4.79 Å². The minimum atomic E-state index is -0.0883. The van der Waals surface area contributed by atoms with Gasteiger partial charge in [0.1, 0.15) is 6.33 Å². The lowest BCUT2D eigenvalue weighted by Crippen LogP contribution is -2.38. The maximum atomic E-state index is 12.3. The van der Waals surface area contributed by atoms with Gasteiger partial charge in [-0.15, -0.1) is 10.2 Å². The van der Waals surface area contributed by atoms with Crippen molar-refractivity contribution in [2.24, 2.45) is 7.05 Å². The first-order valence-electron chi connectivity index (χ1n) is 8.31. The standard InChI is InChI=1S/C16H27N7OS/c1-11(2)23-13(4)14(12(3)20-23)9-21(5)15(24)17-7-8-25-16-19-18-10-22(16)6/h10-11H,7-9H2,1-6H3,(H,17,24). The van der Waals surface area contributed by atoms with Crippen LogP contribution in [0, 0.1) is 13.8 Å². The maximum absolute atomic E-state index is 12.3. The third kappa shape index (κ3) is 4.75. The van der Waals surface area contributed by atoms with E-state index in [-0.39, 0.29) is 6.03 Å². The Labute approximate surface area is 153 Å². The number of aromatic nitrogens is 5. The van der Waals surface area contributed by atoms with Crippen LogP contribution in [0.5, 0.6) is 0 Å². The fourth-order valence-corrected chi connectivity index (χ4v) is 3.32. The highest BCUT2D eigenvalue weighted by atomic mass is 32.2. The average Bonchev–Trinajstić information content (AvgIpc) is 3.09. The van der Waals surface area contributed by atoms with E-state index in [0.29, 0.717) is 19.1 Å². The Kier molecular flexibility index (Phi) is 6.46. The smallest absolute Gasteiger partial charge is 0.317 e. The highest BCUT2D eigenvalue weighted by Gasteiger charge is 2.17. The van der Waals surface area contributed by atoms with E-state index in [1.165, 1.54) is 0 Å². The topological polar surface area (TPSA) is 80.9 Å². The van der Waals surface area contributed by atoms with Gasteiger partial charge in [-0.2, -0.15) is 5.10 Å². The summed E-state index contributed by atoms with van der Waals surface area (Å²) < 4.78 is 3.87. The zero-order valence-corrected chi connectivity index (χ0v) is 16.6. The third-order valence-corrected chi connectivity index (χ3v) is 5.02. The van der Waals surface area contributed by atoms with Crippen molar-refractivity contribution >= 4 is 17.8 Å². The fraction of sp³-hybridized carbons (Fsp3) is 0.625. The number of amides is 2. The molecule has 138 valence electrons. The fourth-order valence-electron chi connectivity index (χ4n) is 2.58. The van der Waals surface area contributed by atoms with Gasteiger partial charge in [0.25, 0.3) is 0 Å². The van der Waals surface area contributed by atoms with Crippen molar-refractivity contribution < 1.29 is 4.79 Å². The van der Waals surface area contributed by atoms with E-state index in [2.05, 4.69) is 41.4 Å². The van der Waals surface area contributed by atoms with Crippen LogP contribution in [0.4, 0.5) is 4.79 Å². The van der Waals surface area contributed by atoms with Crippen molar-refractivity contribution in [3.05, 3.63) is 23.3 Å². The molecule has 0 saturated heterocycles. The second kappa shape index (κ2) is 8.37. The van der Waals surface area contributed by atoms with Crippen molar-refractivity contribution in [3.8, 4) is 0 Å². The summed E-state index contributed by atoms with van der Waals surface area (Å²) in [5.41, 5.74) is 3.20. The molecule has 1 N–H and O–H groups in total. The van der Waals surface area contributed by atoms with Crippen molar-refractivity contribution in [1.29, 1.82) is 0 Å². The van der Waals surface area contributed by atoms with E-state index in [4.69, 9.17) is 0 Å². The molecule has 9 heteroatoms. The minimum Gasteiger partial charge on any atom is -0.337 e. The molecule has 0 aromatic carbocycles. The van der Waals surface area contributed by atoms with Crippen LogP contribution in [0.15, 0.2) is 11.5 Å². The van der Waals surface area contributed by atoms with Crippen LogP contribution in [0.25, 0.3) is 0 Å². The minimum absolute atomic E-state index is 0.0883. The number of hydrogen-bond acceptors (Lipinski definition) is 5. The lowest BCUT2D eigenvalue weighted by Gasteiger charge is -2.18. The van der Waals surface area contributed by atoms with Crippen LogP contribution in [-0.2, 0) is 13.6 Å². The Morgan fingerprint density at radius 2 is 2.12 bits per heavy atom. The monoisotopic (exact) mass is 365 g/mol. The second-order valence-electron chi connectivity index (χ2n) is 6.35. The normalized spacial score (nSPS) is 11.2. The Balaban J connectivity index is 1.83. The summed E-state index contributed by atoms with van der Waals surface area (Å²) in [4.78, 5) is 14.0. The molecule has 0 fully saturated rings. The first-order chi connectivity index (χ1) is 11.8. The number of aryl methyl sites for hydroxylation is 2. The van der Waals surface area contributed by atoms with E-state index in [0.717, 1.165) is 27.9 Å². The van der Waals surface area contributed by atoms with Gasteiger partial charge in [0.2, 0.25) is 0 Å². The zero-order chi connectivity index (χ0) is 18.6. The van der Waals surface area contributed by atoms with Crippen LogP contribution in [0.2, 0.25) is 0 Å². The molecule has 0 atom stereocenters. The second-order valence-corrected chi connectivity index (χ2v) is 7.41. The summed E-state index contributed by atoms with van der Waals surface area (Å²) in [6.45, 7) is 9.38. The molecule has 0 aliphatic rings. The molecule has 2 aromatic rings. The van der Waals surface area contributed by atoms with Crippen LogP contribution < -0.4 is 5.32 Å². The number of rotatable bonds is 7. The molecule has 0 spiro atoms. The molecule has 25 heavy (non-hydrogen) atoms. The number of nitrogens with one attached hydrogen (secondary N) is 1. The summed E-state index contributed by atoms with van der Waals surface area (Å²) in [6.07, 6.45) is 1.66. The lowest BCUT2D eigenvalue weighted by atomic mass is 10.2. The highest BCUT2D eigenvalue weighted by Crippen LogP contribution is 2.18. The summed E-state index contributed by atoms with van der Waals surface area (Å²) in [7, 11) is 3.70. The Morgan fingerprint density at radius 3 is 2.68 bits per heavy atom. The molecule has 2 rings (SSSR count). The van der Waals surface area contributed by atoms with Gasteiger partial charge in [-0.05, 0) is 27.7 Å². The molecule has 0 aliphatic heterocycles. The van der Waals surface area contributed by atoms with Crippen LogP contribution in [0.3, 0.4) is 0 Å². The number of hydrogen-bond donors (Lipinski definition) is 1. The molecule has 8 nitrogen and oxygen atoms in total. The number of carbonyl (C=O) groups excluding carboxylic acids is 1. The van der Waals surface area contributed by atoms with Gasteiger partial charge in [0, 0.05) is 43.7 Å². The van der Waals surface area contributed by atoms with Gasteiger partial charge in [0.05, 0.1) is 12.2 Å². The third-order valence-electron chi connectivity index (χ3n) is 3.99. The van der Waals surface area contributed by atoms with Crippen LogP contribution in [-0.4, -0.2) is 54.8 Å². The van der Waals surface area contributed by atoms with Crippen LogP contribution >= 0.6 is 11.8 Å². The van der Waals surface area contributed by atoms with E-state index < -0.39 is 0 Å². The lowest BCUT2D eigenvalue weighted by molar-refractivity contribution is 0.207. The summed E-state index contributed by atoms with van der Waals surface area (Å²) in [6, 6.07) is 0.221. The largest absolute Gasteiger partial charge is 0.337 e. The molecule has 2 heterocycles. The molecular formula is C16H27N7OS. The zero-order valence-electron chi connectivity index (χ0n) is 15.8. The molecule has 0 aliphatic carbocycles. The molecular weight excluding hydrogens is 338 g/mol. The summed E-state index contributed by atoms with van der Waals surface area (Å²) in [5.74, 6) is 0.745. The molecule has 0 saturated carbocycles. The molecule has 0 unspecified atom stereocenters. The molecule has 2 aromatic heterocycles. The van der Waals surface area contributed by atoms with Gasteiger partial charge in [0.15, 0.2) is 5.16 Å². The van der Waals surface area contributed by atoms with Gasteiger partial charge >= 0.3 is 6.03 Å². The predicted octanol–water partition coefficient (Wildman–Crippen LogP) is 2.14. The van der Waals surface area contributed by atoms with Gasteiger partial charge in [-0.1, -0.05) is 11.8 Å². The quantitative estimate of drug-likeness (QED) is 0.601. The van der Waals surface area contributed by atoms with Crippen molar-refractivity contribution in [1.82, 2.24) is 34.8 Å². The number of carbonyl (C=O) groups is 1. The van der Waals surface area contributed by atoms with E-state index >= 15 is 0 Å². The molecule has 0 bridgehead atoms. The highest BCUT2D eigenvalue weighted by molar-refractivity contribution is 7.99. The van der Waals surface area contributed by atoms with Crippen LogP contribution in [0.1, 0.15) is 36.8 Å². The number of urea groups is 1. The Bertz CT molecular complexity index is 722. The van der Waals surface area contributed by atoms with E-state index in [1.807, 2.05) is 23.2 Å². The van der Waals surface area contributed by atoms with Crippen molar-refractivity contribution in [2.75, 3.05) is 19.3 Å². The SMILES string of the molecule is Cc1nn(C(C)C)c(C)c1CN(C)C(=O)NCCSc1nncn1C. The predicted molar refractivity (Wildman–Crippen MR) is 98.7 cm³/mol. The van der Waals surface area contributed by atoms with Gasteiger partial charge < -0.3 is 14.8 Å². The summed E-state index contributed by atoms with van der Waals surface area (Å²) >= 11 is 1.57.